The molecule has 5 heteroatoms. The van der Waals surface area contributed by atoms with Crippen molar-refractivity contribution in [2.24, 2.45) is 5.92 Å². The largest absolute Gasteiger partial charge is 0.503 e. The van der Waals surface area contributed by atoms with Crippen molar-refractivity contribution in [1.29, 1.82) is 0 Å². The molecular weight excluding hydrogens is 345 g/mol. The van der Waals surface area contributed by atoms with E-state index in [4.69, 9.17) is 0 Å². The van der Waals surface area contributed by atoms with E-state index in [1.807, 2.05) is 44.2 Å². The number of aliphatic hydroxyl groups excluding tert-OH is 1. The number of rotatable bonds is 6. The molecule has 1 atom stereocenters. The molecule has 1 amide bonds. The number of carbonyl (C=O) groups is 2. The molecule has 2 aromatic carbocycles. The third-order valence-corrected chi connectivity index (χ3v) is 4.59. The smallest absolute Gasteiger partial charge is 0.290 e. The first kappa shape index (κ1) is 18.8. The van der Waals surface area contributed by atoms with Crippen LogP contribution < -0.4 is 0 Å². The summed E-state index contributed by atoms with van der Waals surface area (Å²) in [6.07, 6.45) is 0.177. The maximum absolute atomic E-state index is 14.6. The van der Waals surface area contributed by atoms with E-state index in [2.05, 4.69) is 0 Å². The van der Waals surface area contributed by atoms with Gasteiger partial charge in [0.2, 0.25) is 0 Å². The molecule has 1 unspecified atom stereocenters. The number of hydrogen-bond donors (Lipinski definition) is 1. The van der Waals surface area contributed by atoms with Gasteiger partial charge in [-0.2, -0.15) is 0 Å². The van der Waals surface area contributed by atoms with Crippen LogP contribution >= 0.6 is 0 Å². The normalized spacial score (nSPS) is 17.1. The number of ketones is 1. The Labute approximate surface area is 157 Å². The second kappa shape index (κ2) is 7.74. The summed E-state index contributed by atoms with van der Waals surface area (Å²) in [6.45, 7) is 3.93. The first-order valence-corrected chi connectivity index (χ1v) is 8.95. The van der Waals surface area contributed by atoms with Crippen molar-refractivity contribution in [1.82, 2.24) is 4.90 Å². The zero-order valence-electron chi connectivity index (χ0n) is 15.4. The molecule has 0 spiro atoms. The Kier molecular flexibility index (Phi) is 5.40. The van der Waals surface area contributed by atoms with Crippen LogP contribution in [0.25, 0.3) is 0 Å². The number of benzene rings is 2. The van der Waals surface area contributed by atoms with Gasteiger partial charge in [0, 0.05) is 18.5 Å². The van der Waals surface area contributed by atoms with Gasteiger partial charge >= 0.3 is 0 Å². The highest BCUT2D eigenvalue weighted by molar-refractivity contribution is 6.09. The predicted octanol–water partition coefficient (Wildman–Crippen LogP) is 4.34. The first-order chi connectivity index (χ1) is 12.9. The number of carbonyl (C=O) groups excluding carboxylic acids is 2. The number of aliphatic hydroxyl groups is 1. The molecule has 140 valence electrons. The minimum atomic E-state index is -0.940. The fraction of sp³-hybridized carbons (Fsp3) is 0.273. The van der Waals surface area contributed by atoms with Crippen LogP contribution in [0, 0.1) is 11.7 Å². The highest BCUT2D eigenvalue weighted by Crippen LogP contribution is 2.40. The van der Waals surface area contributed by atoms with Crippen molar-refractivity contribution in [2.75, 3.05) is 0 Å². The topological polar surface area (TPSA) is 57.6 Å². The van der Waals surface area contributed by atoms with Gasteiger partial charge in [-0.3, -0.25) is 9.59 Å². The summed E-state index contributed by atoms with van der Waals surface area (Å²) >= 11 is 0. The Morgan fingerprint density at radius 3 is 2.37 bits per heavy atom. The van der Waals surface area contributed by atoms with Crippen LogP contribution in [0.5, 0.6) is 0 Å². The lowest BCUT2D eigenvalue weighted by molar-refractivity contribution is -0.130. The molecule has 1 N–H and O–H groups in total. The summed E-state index contributed by atoms with van der Waals surface area (Å²) in [7, 11) is 0. The molecule has 1 aliphatic rings. The summed E-state index contributed by atoms with van der Waals surface area (Å²) < 4.78 is 14.6. The summed E-state index contributed by atoms with van der Waals surface area (Å²) in [5.41, 5.74) is 1.02. The van der Waals surface area contributed by atoms with E-state index in [0.29, 0.717) is 0 Å². The minimum Gasteiger partial charge on any atom is -0.503 e. The maximum atomic E-state index is 14.6. The lowest BCUT2D eigenvalue weighted by Crippen LogP contribution is -2.31. The van der Waals surface area contributed by atoms with Gasteiger partial charge < -0.3 is 10.0 Å². The van der Waals surface area contributed by atoms with E-state index < -0.39 is 23.5 Å². The highest BCUT2D eigenvalue weighted by atomic mass is 19.1. The summed E-state index contributed by atoms with van der Waals surface area (Å²) in [5.74, 6) is -2.03. The number of nitrogens with zero attached hydrogens (tertiary/aromatic N) is 1. The van der Waals surface area contributed by atoms with Gasteiger partial charge in [0.1, 0.15) is 5.82 Å². The molecule has 1 heterocycles. The van der Waals surface area contributed by atoms with E-state index in [0.717, 1.165) is 5.56 Å². The van der Waals surface area contributed by atoms with Crippen molar-refractivity contribution in [3.63, 3.8) is 0 Å². The quantitative estimate of drug-likeness (QED) is 0.826. The minimum absolute atomic E-state index is 0.0188. The van der Waals surface area contributed by atoms with Crippen LogP contribution in [0.2, 0.25) is 0 Å². The second-order valence-corrected chi connectivity index (χ2v) is 7.13. The Morgan fingerprint density at radius 1 is 1.11 bits per heavy atom. The van der Waals surface area contributed by atoms with Crippen molar-refractivity contribution < 1.29 is 19.1 Å². The average Bonchev–Trinajstić information content (AvgIpc) is 2.87. The van der Waals surface area contributed by atoms with E-state index in [1.54, 1.807) is 18.2 Å². The molecule has 0 radical (unpaired) electrons. The van der Waals surface area contributed by atoms with Crippen LogP contribution in [-0.2, 0) is 16.1 Å². The van der Waals surface area contributed by atoms with Crippen molar-refractivity contribution in [2.45, 2.75) is 32.9 Å². The third kappa shape index (κ3) is 3.77. The summed E-state index contributed by atoms with van der Waals surface area (Å²) in [4.78, 5) is 26.9. The van der Waals surface area contributed by atoms with Crippen molar-refractivity contribution in [3.8, 4) is 0 Å². The first-order valence-electron chi connectivity index (χ1n) is 8.95. The number of halogens is 1. The summed E-state index contributed by atoms with van der Waals surface area (Å²) in [5, 5.41) is 10.5. The summed E-state index contributed by atoms with van der Waals surface area (Å²) in [6, 6.07) is 14.3. The Morgan fingerprint density at radius 2 is 1.74 bits per heavy atom. The van der Waals surface area contributed by atoms with Gasteiger partial charge in [0.05, 0.1) is 11.6 Å². The van der Waals surface area contributed by atoms with Crippen LogP contribution in [0.15, 0.2) is 65.9 Å². The number of hydrogen-bond acceptors (Lipinski definition) is 3. The molecule has 0 saturated heterocycles. The van der Waals surface area contributed by atoms with E-state index in [9.17, 15) is 19.1 Å². The maximum Gasteiger partial charge on any atom is 0.290 e. The van der Waals surface area contributed by atoms with Crippen LogP contribution in [0.1, 0.15) is 37.4 Å². The molecule has 2 aromatic rings. The molecular formula is C22H22FNO3. The van der Waals surface area contributed by atoms with E-state index in [-0.39, 0.29) is 35.8 Å². The monoisotopic (exact) mass is 367 g/mol. The number of Topliss-reactive ketones (excluding diaryl/α,β-unsaturated/α-hetero) is 1. The third-order valence-electron chi connectivity index (χ3n) is 4.59. The van der Waals surface area contributed by atoms with Gasteiger partial charge in [0.25, 0.3) is 5.91 Å². The average molecular weight is 367 g/mol. The highest BCUT2D eigenvalue weighted by Gasteiger charge is 2.44. The van der Waals surface area contributed by atoms with Crippen molar-refractivity contribution >= 4 is 11.7 Å². The molecule has 0 bridgehead atoms. The Balaban J connectivity index is 2.07. The van der Waals surface area contributed by atoms with Gasteiger partial charge in [-0.1, -0.05) is 62.4 Å². The SMILES string of the molecule is CC(C)CC(=O)C1=C(O)C(=O)N(Cc2ccccc2)C1c1ccccc1F. The van der Waals surface area contributed by atoms with Crippen LogP contribution in [-0.4, -0.2) is 21.7 Å². The lowest BCUT2D eigenvalue weighted by Gasteiger charge is -2.27. The van der Waals surface area contributed by atoms with E-state index >= 15 is 0 Å². The van der Waals surface area contributed by atoms with Gasteiger partial charge in [-0.25, -0.2) is 4.39 Å². The fourth-order valence-electron chi connectivity index (χ4n) is 3.38. The molecule has 0 saturated carbocycles. The molecule has 0 aliphatic carbocycles. The number of amides is 1. The van der Waals surface area contributed by atoms with Crippen molar-refractivity contribution in [3.05, 3.63) is 82.9 Å². The molecule has 27 heavy (non-hydrogen) atoms. The zero-order valence-corrected chi connectivity index (χ0v) is 15.4. The van der Waals surface area contributed by atoms with Crippen LogP contribution in [0.3, 0.4) is 0 Å². The molecule has 0 aromatic heterocycles. The predicted molar refractivity (Wildman–Crippen MR) is 100 cm³/mol. The lowest BCUT2D eigenvalue weighted by atomic mass is 9.92. The standard InChI is InChI=1S/C22H22FNO3/c1-14(2)12-18(25)19-20(16-10-6-7-11-17(16)23)24(22(27)21(19)26)13-15-8-4-3-5-9-15/h3-11,14,20,26H,12-13H2,1-2H3. The van der Waals surface area contributed by atoms with Gasteiger partial charge in [0.15, 0.2) is 11.5 Å². The molecule has 0 fully saturated rings. The Hall–Kier alpha value is -2.95. The molecule has 4 nitrogen and oxygen atoms in total. The second-order valence-electron chi connectivity index (χ2n) is 7.13. The molecule has 1 aliphatic heterocycles. The molecule has 3 rings (SSSR count). The zero-order chi connectivity index (χ0) is 19.6. The van der Waals surface area contributed by atoms with Crippen LogP contribution in [0.4, 0.5) is 4.39 Å². The van der Waals surface area contributed by atoms with E-state index in [1.165, 1.54) is 11.0 Å². The van der Waals surface area contributed by atoms with Gasteiger partial charge in [-0.15, -0.1) is 0 Å². The fourth-order valence-corrected chi connectivity index (χ4v) is 3.38. The van der Waals surface area contributed by atoms with Gasteiger partial charge in [-0.05, 0) is 17.5 Å². The Bertz CT molecular complexity index is 889.